The van der Waals surface area contributed by atoms with E-state index in [1.165, 1.54) is 11.3 Å². The van der Waals surface area contributed by atoms with Crippen LogP contribution in [0.1, 0.15) is 5.56 Å². The quantitative estimate of drug-likeness (QED) is 0.583. The molecule has 3 nitrogen and oxygen atoms in total. The second-order valence-electron chi connectivity index (χ2n) is 5.32. The van der Waals surface area contributed by atoms with Gasteiger partial charge in [0.1, 0.15) is 0 Å². The summed E-state index contributed by atoms with van der Waals surface area (Å²) in [5.41, 5.74) is 4.65. The summed E-state index contributed by atoms with van der Waals surface area (Å²) in [5.74, 6) is 0. The van der Waals surface area contributed by atoms with Gasteiger partial charge >= 0.3 is 0 Å². The first-order valence-corrected chi connectivity index (χ1v) is 7.50. The fraction of sp³-hybridized carbons (Fsp3) is 0.0556. The second kappa shape index (κ2) is 5.35. The average Bonchev–Trinajstić information content (AvgIpc) is 3.17. The molecule has 108 valence electrons. The number of H-pyrrole nitrogens is 1. The van der Waals surface area contributed by atoms with E-state index in [9.17, 15) is 0 Å². The van der Waals surface area contributed by atoms with Crippen LogP contribution in [0, 0.1) is 0 Å². The molecule has 0 saturated carbocycles. The molecule has 0 radical (unpaired) electrons. The smallest absolute Gasteiger partial charge is 0.0653 e. The first-order chi connectivity index (χ1) is 10.8. The number of hydrogen-bond donors (Lipinski definition) is 1. The number of nitrogens with one attached hydrogen (secondary N) is 1. The standard InChI is InChI=1S/C18H14ClN3/c19-16-7-5-14(6-8-16)18-2-1-9-22(18)12-13-3-4-15-11-20-21-17(15)10-13/h1-11H,12H2,(H,20,21). The number of fused-ring (bicyclic) bond motifs is 1. The monoisotopic (exact) mass is 307 g/mol. The molecule has 0 spiro atoms. The maximum absolute atomic E-state index is 5.97. The third kappa shape index (κ3) is 2.40. The topological polar surface area (TPSA) is 33.6 Å². The van der Waals surface area contributed by atoms with E-state index in [1.807, 2.05) is 30.5 Å². The SMILES string of the molecule is Clc1ccc(-c2cccn2Cc2ccc3cn[nH]c3c2)cc1. The minimum Gasteiger partial charge on any atom is -0.343 e. The summed E-state index contributed by atoms with van der Waals surface area (Å²) in [6, 6.07) is 18.5. The molecule has 22 heavy (non-hydrogen) atoms. The van der Waals surface area contributed by atoms with Crippen LogP contribution in [-0.2, 0) is 6.54 Å². The zero-order chi connectivity index (χ0) is 14.9. The molecule has 0 bridgehead atoms. The van der Waals surface area contributed by atoms with Gasteiger partial charge in [-0.3, -0.25) is 5.10 Å². The van der Waals surface area contributed by atoms with Crippen molar-refractivity contribution in [3.05, 3.63) is 77.6 Å². The molecule has 0 amide bonds. The van der Waals surface area contributed by atoms with Gasteiger partial charge in [0, 0.05) is 28.8 Å². The highest BCUT2D eigenvalue weighted by Crippen LogP contribution is 2.23. The Morgan fingerprint density at radius 3 is 2.77 bits per heavy atom. The molecule has 0 aliphatic carbocycles. The number of rotatable bonds is 3. The van der Waals surface area contributed by atoms with Crippen molar-refractivity contribution < 1.29 is 0 Å². The molecule has 1 N–H and O–H groups in total. The lowest BCUT2D eigenvalue weighted by Gasteiger charge is -2.10. The van der Waals surface area contributed by atoms with Crippen LogP contribution < -0.4 is 0 Å². The van der Waals surface area contributed by atoms with E-state index in [0.717, 1.165) is 28.0 Å². The molecule has 2 heterocycles. The predicted molar refractivity (Wildman–Crippen MR) is 90.1 cm³/mol. The first kappa shape index (κ1) is 13.2. The van der Waals surface area contributed by atoms with Gasteiger partial charge in [-0.2, -0.15) is 5.10 Å². The van der Waals surface area contributed by atoms with Crippen LogP contribution in [0.4, 0.5) is 0 Å². The maximum Gasteiger partial charge on any atom is 0.0653 e. The largest absolute Gasteiger partial charge is 0.343 e. The van der Waals surface area contributed by atoms with Crippen molar-refractivity contribution in [2.45, 2.75) is 6.54 Å². The van der Waals surface area contributed by atoms with Crippen LogP contribution in [0.5, 0.6) is 0 Å². The highest BCUT2D eigenvalue weighted by molar-refractivity contribution is 6.30. The number of benzene rings is 2. The van der Waals surface area contributed by atoms with Crippen molar-refractivity contribution in [3.63, 3.8) is 0 Å². The number of aromatic nitrogens is 3. The molecule has 0 fully saturated rings. The van der Waals surface area contributed by atoms with Crippen LogP contribution >= 0.6 is 11.6 Å². The normalized spacial score (nSPS) is 11.1. The van der Waals surface area contributed by atoms with Crippen molar-refractivity contribution in [3.8, 4) is 11.3 Å². The van der Waals surface area contributed by atoms with Crippen molar-refractivity contribution in [1.82, 2.24) is 14.8 Å². The van der Waals surface area contributed by atoms with E-state index in [4.69, 9.17) is 11.6 Å². The zero-order valence-corrected chi connectivity index (χ0v) is 12.6. The van der Waals surface area contributed by atoms with Crippen molar-refractivity contribution in [2.75, 3.05) is 0 Å². The Kier molecular flexibility index (Phi) is 3.20. The molecule has 0 aliphatic rings. The number of hydrogen-bond acceptors (Lipinski definition) is 1. The molecule has 0 unspecified atom stereocenters. The van der Waals surface area contributed by atoms with Crippen LogP contribution in [0.15, 0.2) is 67.0 Å². The second-order valence-corrected chi connectivity index (χ2v) is 5.76. The zero-order valence-electron chi connectivity index (χ0n) is 11.8. The molecule has 2 aromatic heterocycles. The summed E-state index contributed by atoms with van der Waals surface area (Å²) >= 11 is 5.97. The highest BCUT2D eigenvalue weighted by Gasteiger charge is 2.06. The summed E-state index contributed by atoms with van der Waals surface area (Å²) in [4.78, 5) is 0. The minimum atomic E-state index is 0.756. The van der Waals surface area contributed by atoms with Gasteiger partial charge < -0.3 is 4.57 Å². The summed E-state index contributed by atoms with van der Waals surface area (Å²) < 4.78 is 2.24. The van der Waals surface area contributed by atoms with Crippen molar-refractivity contribution in [2.24, 2.45) is 0 Å². The molecule has 4 aromatic rings. The first-order valence-electron chi connectivity index (χ1n) is 7.13. The molecular formula is C18H14ClN3. The average molecular weight is 308 g/mol. The fourth-order valence-corrected chi connectivity index (χ4v) is 2.84. The van der Waals surface area contributed by atoms with E-state index in [2.05, 4.69) is 51.3 Å². The van der Waals surface area contributed by atoms with E-state index in [1.54, 1.807) is 0 Å². The van der Waals surface area contributed by atoms with Gasteiger partial charge in [-0.25, -0.2) is 0 Å². The van der Waals surface area contributed by atoms with Gasteiger partial charge in [-0.15, -0.1) is 0 Å². The van der Waals surface area contributed by atoms with Crippen molar-refractivity contribution in [1.29, 1.82) is 0 Å². The lowest BCUT2D eigenvalue weighted by molar-refractivity contribution is 0.815. The third-order valence-corrected chi connectivity index (χ3v) is 4.08. The highest BCUT2D eigenvalue weighted by atomic mass is 35.5. The van der Waals surface area contributed by atoms with Crippen LogP contribution in [0.25, 0.3) is 22.2 Å². The number of halogens is 1. The third-order valence-electron chi connectivity index (χ3n) is 3.83. The minimum absolute atomic E-state index is 0.756. The number of aromatic amines is 1. The summed E-state index contributed by atoms with van der Waals surface area (Å²) in [7, 11) is 0. The van der Waals surface area contributed by atoms with Gasteiger partial charge in [0.05, 0.1) is 11.7 Å². The van der Waals surface area contributed by atoms with Crippen LogP contribution in [-0.4, -0.2) is 14.8 Å². The lowest BCUT2D eigenvalue weighted by Crippen LogP contribution is -2.00. The Morgan fingerprint density at radius 2 is 1.91 bits per heavy atom. The summed E-state index contributed by atoms with van der Waals surface area (Å²) in [6.07, 6.45) is 3.94. The van der Waals surface area contributed by atoms with E-state index in [-0.39, 0.29) is 0 Å². The van der Waals surface area contributed by atoms with Gasteiger partial charge in [-0.1, -0.05) is 35.9 Å². The van der Waals surface area contributed by atoms with Gasteiger partial charge in [-0.05, 0) is 41.5 Å². The Morgan fingerprint density at radius 1 is 1.05 bits per heavy atom. The van der Waals surface area contributed by atoms with E-state index in [0.29, 0.717) is 0 Å². The summed E-state index contributed by atoms with van der Waals surface area (Å²) in [5, 5.41) is 8.98. The molecule has 4 rings (SSSR count). The Balaban J connectivity index is 1.68. The predicted octanol–water partition coefficient (Wildman–Crippen LogP) is 4.73. The van der Waals surface area contributed by atoms with E-state index < -0.39 is 0 Å². The van der Waals surface area contributed by atoms with Crippen LogP contribution in [0.2, 0.25) is 5.02 Å². The molecule has 2 aromatic carbocycles. The molecule has 0 aliphatic heterocycles. The van der Waals surface area contributed by atoms with Gasteiger partial charge in [0.2, 0.25) is 0 Å². The Bertz CT molecular complexity index is 919. The molecule has 4 heteroatoms. The Hall–Kier alpha value is -2.52. The molecule has 0 saturated heterocycles. The number of nitrogens with zero attached hydrogens (tertiary/aromatic N) is 2. The summed E-state index contributed by atoms with van der Waals surface area (Å²) in [6.45, 7) is 0.819. The lowest BCUT2D eigenvalue weighted by atomic mass is 10.1. The molecular weight excluding hydrogens is 294 g/mol. The van der Waals surface area contributed by atoms with E-state index >= 15 is 0 Å². The van der Waals surface area contributed by atoms with Gasteiger partial charge in [0.25, 0.3) is 0 Å². The maximum atomic E-state index is 5.97. The Labute approximate surface area is 133 Å². The molecule has 0 atom stereocenters. The van der Waals surface area contributed by atoms with Gasteiger partial charge in [0.15, 0.2) is 0 Å². The fourth-order valence-electron chi connectivity index (χ4n) is 2.71. The van der Waals surface area contributed by atoms with Crippen molar-refractivity contribution >= 4 is 22.5 Å². The van der Waals surface area contributed by atoms with Crippen LogP contribution in [0.3, 0.4) is 0 Å².